The van der Waals surface area contributed by atoms with Gasteiger partial charge in [0.15, 0.2) is 0 Å². The van der Waals surface area contributed by atoms with E-state index in [-0.39, 0.29) is 0 Å². The zero-order chi connectivity index (χ0) is 12.8. The minimum atomic E-state index is -0.436. The molecule has 18 heavy (non-hydrogen) atoms. The Morgan fingerprint density at radius 3 is 2.17 bits per heavy atom. The topological polar surface area (TPSA) is 29.5 Å². The summed E-state index contributed by atoms with van der Waals surface area (Å²) in [6.45, 7) is 2.04. The number of aliphatic hydroxyl groups is 1. The first-order chi connectivity index (χ1) is 8.74. The fourth-order valence-corrected chi connectivity index (χ4v) is 1.75. The van der Waals surface area contributed by atoms with Gasteiger partial charge in [-0.15, -0.1) is 0 Å². The van der Waals surface area contributed by atoms with Crippen molar-refractivity contribution in [1.82, 2.24) is 0 Å². The van der Waals surface area contributed by atoms with Gasteiger partial charge in [0.25, 0.3) is 0 Å². The highest BCUT2D eigenvalue weighted by Crippen LogP contribution is 2.15. The first-order valence-electron chi connectivity index (χ1n) is 6.18. The molecule has 2 heteroatoms. The SMILES string of the molecule is C[C@H](O)COc1ccc(Cc2ccccc2)cc1. The molecule has 2 aromatic rings. The highest BCUT2D eigenvalue weighted by molar-refractivity contribution is 5.31. The minimum absolute atomic E-state index is 0.331. The molecule has 0 radical (unpaired) electrons. The number of hydrogen-bond acceptors (Lipinski definition) is 2. The van der Waals surface area contributed by atoms with Crippen LogP contribution in [0, 0.1) is 0 Å². The second-order valence-electron chi connectivity index (χ2n) is 4.47. The lowest BCUT2D eigenvalue weighted by Crippen LogP contribution is -2.12. The highest BCUT2D eigenvalue weighted by atomic mass is 16.5. The fourth-order valence-electron chi connectivity index (χ4n) is 1.75. The van der Waals surface area contributed by atoms with E-state index in [1.54, 1.807) is 6.92 Å². The van der Waals surface area contributed by atoms with Gasteiger partial charge in [0.2, 0.25) is 0 Å². The maximum Gasteiger partial charge on any atom is 0.119 e. The van der Waals surface area contributed by atoms with E-state index in [4.69, 9.17) is 9.84 Å². The van der Waals surface area contributed by atoms with E-state index >= 15 is 0 Å². The number of hydrogen-bond donors (Lipinski definition) is 1. The van der Waals surface area contributed by atoms with Gasteiger partial charge in [-0.05, 0) is 36.6 Å². The number of rotatable bonds is 5. The highest BCUT2D eigenvalue weighted by Gasteiger charge is 1.99. The molecule has 0 saturated heterocycles. The molecular formula is C16H18O2. The Morgan fingerprint density at radius 2 is 1.56 bits per heavy atom. The van der Waals surface area contributed by atoms with Crippen molar-refractivity contribution in [3.8, 4) is 5.75 Å². The molecule has 1 atom stereocenters. The van der Waals surface area contributed by atoms with Crippen LogP contribution in [0.15, 0.2) is 54.6 Å². The third-order valence-electron chi connectivity index (χ3n) is 2.67. The summed E-state index contributed by atoms with van der Waals surface area (Å²) in [7, 11) is 0. The van der Waals surface area contributed by atoms with Gasteiger partial charge < -0.3 is 9.84 Å². The summed E-state index contributed by atoms with van der Waals surface area (Å²) < 4.78 is 5.42. The zero-order valence-electron chi connectivity index (χ0n) is 10.5. The predicted octanol–water partition coefficient (Wildman–Crippen LogP) is 3.04. The lowest BCUT2D eigenvalue weighted by molar-refractivity contribution is 0.122. The van der Waals surface area contributed by atoms with Crippen LogP contribution in [-0.2, 0) is 6.42 Å². The van der Waals surface area contributed by atoms with Crippen LogP contribution in [-0.4, -0.2) is 17.8 Å². The van der Waals surface area contributed by atoms with Gasteiger partial charge in [0.1, 0.15) is 12.4 Å². The second-order valence-corrected chi connectivity index (χ2v) is 4.47. The molecule has 0 aliphatic carbocycles. The van der Waals surface area contributed by atoms with Crippen molar-refractivity contribution in [3.05, 3.63) is 65.7 Å². The third-order valence-corrected chi connectivity index (χ3v) is 2.67. The van der Waals surface area contributed by atoms with Crippen LogP contribution >= 0.6 is 0 Å². The Labute approximate surface area is 108 Å². The number of aliphatic hydroxyl groups excluding tert-OH is 1. The van der Waals surface area contributed by atoms with Gasteiger partial charge >= 0.3 is 0 Å². The van der Waals surface area contributed by atoms with E-state index in [0.717, 1.165) is 12.2 Å². The molecule has 0 aromatic heterocycles. The van der Waals surface area contributed by atoms with E-state index in [9.17, 15) is 0 Å². The van der Waals surface area contributed by atoms with E-state index in [2.05, 4.69) is 36.4 Å². The molecule has 2 nitrogen and oxygen atoms in total. The van der Waals surface area contributed by atoms with Crippen LogP contribution in [0.3, 0.4) is 0 Å². The van der Waals surface area contributed by atoms with Gasteiger partial charge in [0, 0.05) is 0 Å². The van der Waals surface area contributed by atoms with Gasteiger partial charge in [-0.3, -0.25) is 0 Å². The van der Waals surface area contributed by atoms with Crippen molar-refractivity contribution >= 4 is 0 Å². The monoisotopic (exact) mass is 242 g/mol. The van der Waals surface area contributed by atoms with Gasteiger partial charge in [-0.2, -0.15) is 0 Å². The first-order valence-corrected chi connectivity index (χ1v) is 6.18. The quantitative estimate of drug-likeness (QED) is 0.873. The molecular weight excluding hydrogens is 224 g/mol. The van der Waals surface area contributed by atoms with Gasteiger partial charge in [-0.25, -0.2) is 0 Å². The summed E-state index contributed by atoms with van der Waals surface area (Å²) in [4.78, 5) is 0. The molecule has 0 aliphatic heterocycles. The minimum Gasteiger partial charge on any atom is -0.491 e. The zero-order valence-corrected chi connectivity index (χ0v) is 10.5. The molecule has 2 aromatic carbocycles. The normalized spacial score (nSPS) is 12.1. The molecule has 0 amide bonds. The Kier molecular flexibility index (Phi) is 4.37. The molecule has 0 aliphatic rings. The van der Waals surface area contributed by atoms with Crippen LogP contribution < -0.4 is 4.74 Å². The Bertz CT molecular complexity index is 460. The molecule has 0 spiro atoms. The van der Waals surface area contributed by atoms with Crippen molar-refractivity contribution in [2.45, 2.75) is 19.4 Å². The Balaban J connectivity index is 1.95. The van der Waals surface area contributed by atoms with E-state index in [1.165, 1.54) is 11.1 Å². The fraction of sp³-hybridized carbons (Fsp3) is 0.250. The van der Waals surface area contributed by atoms with E-state index in [1.807, 2.05) is 18.2 Å². The summed E-state index contributed by atoms with van der Waals surface area (Å²) >= 11 is 0. The predicted molar refractivity (Wildman–Crippen MR) is 72.9 cm³/mol. The van der Waals surface area contributed by atoms with E-state index < -0.39 is 6.10 Å². The first kappa shape index (κ1) is 12.7. The molecule has 2 rings (SSSR count). The van der Waals surface area contributed by atoms with Gasteiger partial charge in [0.05, 0.1) is 6.10 Å². The maximum absolute atomic E-state index is 9.14. The van der Waals surface area contributed by atoms with Crippen molar-refractivity contribution in [1.29, 1.82) is 0 Å². The molecule has 0 fully saturated rings. The third kappa shape index (κ3) is 3.90. The summed E-state index contributed by atoms with van der Waals surface area (Å²) in [6.07, 6.45) is 0.492. The number of ether oxygens (including phenoxy) is 1. The summed E-state index contributed by atoms with van der Waals surface area (Å²) in [5, 5.41) is 9.14. The van der Waals surface area contributed by atoms with Crippen LogP contribution in [0.2, 0.25) is 0 Å². The molecule has 94 valence electrons. The summed E-state index contributed by atoms with van der Waals surface area (Å²) in [5.74, 6) is 0.799. The second kappa shape index (κ2) is 6.22. The summed E-state index contributed by atoms with van der Waals surface area (Å²) in [6, 6.07) is 18.4. The Hall–Kier alpha value is -1.80. The molecule has 0 heterocycles. The lowest BCUT2D eigenvalue weighted by atomic mass is 10.1. The van der Waals surface area contributed by atoms with Crippen LogP contribution in [0.25, 0.3) is 0 Å². The molecule has 0 saturated carbocycles. The Morgan fingerprint density at radius 1 is 0.944 bits per heavy atom. The molecule has 0 unspecified atom stereocenters. The lowest BCUT2D eigenvalue weighted by Gasteiger charge is -2.08. The van der Waals surface area contributed by atoms with Crippen molar-refractivity contribution in [2.24, 2.45) is 0 Å². The standard InChI is InChI=1S/C16H18O2/c1-13(17)12-18-16-9-7-15(8-10-16)11-14-5-3-2-4-6-14/h2-10,13,17H,11-12H2,1H3/t13-/m0/s1. The van der Waals surface area contributed by atoms with Crippen LogP contribution in [0.1, 0.15) is 18.1 Å². The smallest absolute Gasteiger partial charge is 0.119 e. The van der Waals surface area contributed by atoms with E-state index in [0.29, 0.717) is 6.61 Å². The summed E-state index contributed by atoms with van der Waals surface area (Å²) in [5.41, 5.74) is 2.56. The molecule has 0 bridgehead atoms. The van der Waals surface area contributed by atoms with Crippen molar-refractivity contribution in [3.63, 3.8) is 0 Å². The maximum atomic E-state index is 9.14. The molecule has 1 N–H and O–H groups in total. The number of benzene rings is 2. The van der Waals surface area contributed by atoms with Crippen molar-refractivity contribution in [2.75, 3.05) is 6.61 Å². The largest absolute Gasteiger partial charge is 0.491 e. The van der Waals surface area contributed by atoms with Gasteiger partial charge in [-0.1, -0.05) is 42.5 Å². The average molecular weight is 242 g/mol. The van der Waals surface area contributed by atoms with Crippen LogP contribution in [0.4, 0.5) is 0 Å². The average Bonchev–Trinajstić information content (AvgIpc) is 2.39. The van der Waals surface area contributed by atoms with Crippen molar-refractivity contribution < 1.29 is 9.84 Å². The van der Waals surface area contributed by atoms with Crippen LogP contribution in [0.5, 0.6) is 5.75 Å².